The molecule has 2 aromatic rings. The Morgan fingerprint density at radius 3 is 2.17 bits per heavy atom. The predicted octanol–water partition coefficient (Wildman–Crippen LogP) is 2.95. The zero-order valence-corrected chi connectivity index (χ0v) is 25.5. The highest BCUT2D eigenvalue weighted by Crippen LogP contribution is 2.18. The van der Waals surface area contributed by atoms with Crippen molar-refractivity contribution in [3.05, 3.63) is 54.2 Å². The molecule has 11 heteroatoms. The molecule has 0 radical (unpaired) electrons. The number of aliphatic hydroxyl groups excluding tert-OH is 1. The van der Waals surface area contributed by atoms with Crippen LogP contribution in [0.3, 0.4) is 0 Å². The van der Waals surface area contributed by atoms with Crippen molar-refractivity contribution in [3.63, 3.8) is 0 Å². The van der Waals surface area contributed by atoms with Crippen molar-refractivity contribution in [2.75, 3.05) is 20.8 Å². The standard InChI is InChI=1S/C30H45BN4O6/c1-19(2)17-26(31(41-18-20(3)4)35(7)21(5)30(39)40-8)33-29(38)27(22(6)36)34-28(37)25-16-12-15-24(32-25)23-13-10-9-11-14-23/h9-16,19-22,26-27,36H,17-18H2,1-8H3,(H,33,38)(H,34,37)/t21-,22-,26+,27+/m1/s1. The number of hydrogen-bond acceptors (Lipinski definition) is 8. The minimum atomic E-state index is -1.26. The van der Waals surface area contributed by atoms with Crippen molar-refractivity contribution in [2.45, 2.75) is 72.1 Å². The van der Waals surface area contributed by atoms with Gasteiger partial charge in [-0.1, -0.05) is 64.1 Å². The second kappa shape index (κ2) is 16.2. The van der Waals surface area contributed by atoms with Crippen molar-refractivity contribution >= 4 is 24.8 Å². The molecule has 224 valence electrons. The Kier molecular flexibility index (Phi) is 13.4. The lowest BCUT2D eigenvalue weighted by Crippen LogP contribution is -2.63. The zero-order valence-electron chi connectivity index (χ0n) is 25.5. The smallest absolute Gasteiger partial charge is 0.406 e. The molecule has 0 aliphatic carbocycles. The van der Waals surface area contributed by atoms with Crippen LogP contribution < -0.4 is 10.6 Å². The van der Waals surface area contributed by atoms with E-state index in [2.05, 4.69) is 15.6 Å². The third-order valence-electron chi connectivity index (χ3n) is 6.65. The summed E-state index contributed by atoms with van der Waals surface area (Å²) in [4.78, 5) is 45.3. The Bertz CT molecular complexity index is 1130. The molecule has 0 aliphatic heterocycles. The van der Waals surface area contributed by atoms with E-state index in [9.17, 15) is 19.5 Å². The summed E-state index contributed by atoms with van der Waals surface area (Å²) in [6.45, 7) is 11.6. The Hall–Kier alpha value is -3.28. The number of likely N-dealkylation sites (N-methyl/N-ethyl adjacent to an activating group) is 1. The topological polar surface area (TPSA) is 130 Å². The van der Waals surface area contributed by atoms with E-state index in [4.69, 9.17) is 9.39 Å². The summed E-state index contributed by atoms with van der Waals surface area (Å²) in [5, 5.41) is 16.2. The normalized spacial score (nSPS) is 14.3. The molecule has 1 aromatic carbocycles. The van der Waals surface area contributed by atoms with Crippen LogP contribution in [-0.2, 0) is 19.0 Å². The minimum absolute atomic E-state index is 0.119. The number of amides is 2. The number of methoxy groups -OCH3 is 1. The molecule has 2 rings (SSSR count). The van der Waals surface area contributed by atoms with Crippen LogP contribution in [0.1, 0.15) is 58.5 Å². The number of nitrogens with zero attached hydrogens (tertiary/aromatic N) is 2. The molecule has 1 aromatic heterocycles. The predicted molar refractivity (Wildman–Crippen MR) is 160 cm³/mol. The van der Waals surface area contributed by atoms with E-state index in [1.807, 2.05) is 58.0 Å². The molecular weight excluding hydrogens is 523 g/mol. The van der Waals surface area contributed by atoms with Crippen molar-refractivity contribution in [1.82, 2.24) is 20.4 Å². The van der Waals surface area contributed by atoms with Gasteiger partial charge in [-0.3, -0.25) is 14.4 Å². The molecule has 1 heterocycles. The molecule has 4 atom stereocenters. The first kappa shape index (κ1) is 33.9. The van der Waals surface area contributed by atoms with Gasteiger partial charge in [0.15, 0.2) is 0 Å². The molecule has 0 saturated carbocycles. The second-order valence-electron chi connectivity index (χ2n) is 11.2. The minimum Gasteiger partial charge on any atom is -0.468 e. The van der Waals surface area contributed by atoms with Crippen LogP contribution in [0, 0.1) is 11.8 Å². The number of esters is 1. The van der Waals surface area contributed by atoms with Crippen LogP contribution in [0.2, 0.25) is 0 Å². The van der Waals surface area contributed by atoms with Gasteiger partial charge in [0.1, 0.15) is 11.7 Å². The van der Waals surface area contributed by atoms with Crippen LogP contribution in [0.15, 0.2) is 48.5 Å². The number of hydrogen-bond donors (Lipinski definition) is 3. The van der Waals surface area contributed by atoms with E-state index in [1.54, 1.807) is 37.0 Å². The van der Waals surface area contributed by atoms with Gasteiger partial charge in [-0.25, -0.2) is 4.98 Å². The van der Waals surface area contributed by atoms with E-state index >= 15 is 0 Å². The fourth-order valence-electron chi connectivity index (χ4n) is 4.34. The molecule has 2 amide bonds. The van der Waals surface area contributed by atoms with Gasteiger partial charge >= 0.3 is 13.0 Å². The molecule has 10 nitrogen and oxygen atoms in total. The number of pyridine rings is 1. The maximum Gasteiger partial charge on any atom is 0.406 e. The number of aliphatic hydroxyl groups is 1. The van der Waals surface area contributed by atoms with Gasteiger partial charge in [-0.05, 0) is 51.3 Å². The molecule has 41 heavy (non-hydrogen) atoms. The second-order valence-corrected chi connectivity index (χ2v) is 11.2. The van der Waals surface area contributed by atoms with Crippen molar-refractivity contribution in [3.8, 4) is 11.3 Å². The average Bonchev–Trinajstić information content (AvgIpc) is 2.94. The summed E-state index contributed by atoms with van der Waals surface area (Å²) in [6.07, 6.45) is -0.675. The van der Waals surface area contributed by atoms with E-state index in [1.165, 1.54) is 14.0 Å². The molecule has 0 bridgehead atoms. The summed E-state index contributed by atoms with van der Waals surface area (Å²) < 4.78 is 11.2. The summed E-state index contributed by atoms with van der Waals surface area (Å²) in [5.74, 6) is -1.78. The Morgan fingerprint density at radius 1 is 0.951 bits per heavy atom. The van der Waals surface area contributed by atoms with Crippen LogP contribution in [0.4, 0.5) is 0 Å². The number of ether oxygens (including phenoxy) is 1. The zero-order chi connectivity index (χ0) is 30.7. The van der Waals surface area contributed by atoms with Crippen LogP contribution in [0.25, 0.3) is 11.3 Å². The third-order valence-corrected chi connectivity index (χ3v) is 6.65. The lowest BCUT2D eigenvalue weighted by molar-refractivity contribution is -0.144. The van der Waals surface area contributed by atoms with Crippen LogP contribution >= 0.6 is 0 Å². The third kappa shape index (κ3) is 10.3. The average molecular weight is 569 g/mol. The van der Waals surface area contributed by atoms with E-state index in [-0.39, 0.29) is 17.5 Å². The van der Waals surface area contributed by atoms with Crippen LogP contribution in [-0.4, -0.2) is 84.6 Å². The fraction of sp³-hybridized carbons (Fsp3) is 0.533. The van der Waals surface area contributed by atoms with E-state index in [0.717, 1.165) is 5.56 Å². The molecular formula is C30H45BN4O6. The van der Waals surface area contributed by atoms with Gasteiger partial charge in [0.25, 0.3) is 5.91 Å². The number of aromatic nitrogens is 1. The monoisotopic (exact) mass is 568 g/mol. The van der Waals surface area contributed by atoms with Crippen molar-refractivity contribution < 1.29 is 28.9 Å². The molecule has 0 saturated heterocycles. The van der Waals surface area contributed by atoms with E-state index in [0.29, 0.717) is 18.7 Å². The SMILES string of the molecule is COC(=O)[C@@H](C)N(C)B(OCC(C)C)[C@H](CC(C)C)NC(=O)[C@@H](NC(=O)c1cccc(-c2ccccc2)n1)[C@@H](C)O. The van der Waals surface area contributed by atoms with Crippen LogP contribution in [0.5, 0.6) is 0 Å². The Labute approximate surface area is 244 Å². The molecule has 0 fully saturated rings. The van der Waals surface area contributed by atoms with Gasteiger partial charge < -0.3 is 29.9 Å². The number of carbonyl (C=O) groups is 3. The fourth-order valence-corrected chi connectivity index (χ4v) is 4.34. The Balaban J connectivity index is 2.30. The van der Waals surface area contributed by atoms with Gasteiger partial charge in [0.2, 0.25) is 5.91 Å². The maximum absolute atomic E-state index is 13.6. The summed E-state index contributed by atoms with van der Waals surface area (Å²) in [6, 6.07) is 12.6. The van der Waals surface area contributed by atoms with Gasteiger partial charge in [0.05, 0.1) is 30.9 Å². The quantitative estimate of drug-likeness (QED) is 0.221. The van der Waals surface area contributed by atoms with Gasteiger partial charge in [-0.2, -0.15) is 0 Å². The molecule has 0 unspecified atom stereocenters. The summed E-state index contributed by atoms with van der Waals surface area (Å²) in [7, 11) is 2.39. The summed E-state index contributed by atoms with van der Waals surface area (Å²) in [5.41, 5.74) is 1.58. The van der Waals surface area contributed by atoms with E-state index < -0.39 is 49.0 Å². The molecule has 3 N–H and O–H groups in total. The highest BCUT2D eigenvalue weighted by molar-refractivity contribution is 6.51. The first-order chi connectivity index (χ1) is 19.3. The number of rotatable bonds is 15. The molecule has 0 aliphatic rings. The lowest BCUT2D eigenvalue weighted by atomic mass is 9.66. The first-order valence-corrected chi connectivity index (χ1v) is 14.1. The first-order valence-electron chi connectivity index (χ1n) is 14.1. The number of benzene rings is 1. The van der Waals surface area contributed by atoms with Gasteiger partial charge in [-0.15, -0.1) is 0 Å². The molecule has 0 spiro atoms. The Morgan fingerprint density at radius 2 is 1.61 bits per heavy atom. The largest absolute Gasteiger partial charge is 0.468 e. The number of carbonyl (C=O) groups excluding carboxylic acids is 3. The van der Waals surface area contributed by atoms with Crippen molar-refractivity contribution in [2.24, 2.45) is 11.8 Å². The number of nitrogens with one attached hydrogen (secondary N) is 2. The highest BCUT2D eigenvalue weighted by Gasteiger charge is 2.40. The van der Waals surface area contributed by atoms with Gasteiger partial charge in [0, 0.05) is 12.2 Å². The summed E-state index contributed by atoms with van der Waals surface area (Å²) >= 11 is 0. The maximum atomic E-state index is 13.6. The van der Waals surface area contributed by atoms with Crippen molar-refractivity contribution in [1.29, 1.82) is 0 Å². The highest BCUT2D eigenvalue weighted by atomic mass is 16.5. The lowest BCUT2D eigenvalue weighted by Gasteiger charge is -2.36.